The Hall–Kier alpha value is -2.95. The van der Waals surface area contributed by atoms with Crippen LogP contribution in [0.2, 0.25) is 5.02 Å². The number of ether oxygens (including phenoxy) is 2. The molecular formula is C20H17ClN4O4S2. The number of thioether (sulfide) groups is 1. The Labute approximate surface area is 191 Å². The summed E-state index contributed by atoms with van der Waals surface area (Å²) in [6.45, 7) is 1.85. The van der Waals surface area contributed by atoms with Gasteiger partial charge in [0.15, 0.2) is 15.8 Å². The van der Waals surface area contributed by atoms with E-state index in [0.29, 0.717) is 21.9 Å². The van der Waals surface area contributed by atoms with Gasteiger partial charge in [0.25, 0.3) is 5.91 Å². The Balaban J connectivity index is 1.56. The van der Waals surface area contributed by atoms with Crippen LogP contribution >= 0.6 is 34.7 Å². The van der Waals surface area contributed by atoms with E-state index in [1.54, 1.807) is 42.5 Å². The van der Waals surface area contributed by atoms with Crippen LogP contribution in [-0.2, 0) is 4.79 Å². The fraction of sp³-hybridized carbons (Fsp3) is 0.150. The van der Waals surface area contributed by atoms with Crippen LogP contribution in [-0.4, -0.2) is 41.2 Å². The number of hydrogen-bond acceptors (Lipinski definition) is 9. The van der Waals surface area contributed by atoms with Gasteiger partial charge in [0.2, 0.25) is 0 Å². The van der Waals surface area contributed by atoms with Gasteiger partial charge in [-0.3, -0.25) is 4.79 Å². The molecule has 11 heteroatoms. The first-order valence-corrected chi connectivity index (χ1v) is 11.0. The van der Waals surface area contributed by atoms with E-state index in [1.807, 2.05) is 6.92 Å². The maximum absolute atomic E-state index is 12.3. The number of amides is 1. The van der Waals surface area contributed by atoms with Crippen LogP contribution in [0, 0.1) is 6.92 Å². The fourth-order valence-electron chi connectivity index (χ4n) is 2.27. The van der Waals surface area contributed by atoms with Crippen molar-refractivity contribution in [1.82, 2.24) is 15.6 Å². The molecule has 31 heavy (non-hydrogen) atoms. The van der Waals surface area contributed by atoms with E-state index in [2.05, 4.69) is 20.7 Å². The first-order valence-electron chi connectivity index (χ1n) is 8.85. The van der Waals surface area contributed by atoms with E-state index in [0.717, 1.165) is 9.35 Å². The van der Waals surface area contributed by atoms with Crippen LogP contribution in [0.15, 0.2) is 51.9 Å². The number of hydrazone groups is 1. The molecule has 0 bridgehead atoms. The second kappa shape index (κ2) is 10.9. The highest BCUT2D eigenvalue weighted by molar-refractivity contribution is 8.01. The highest BCUT2D eigenvalue weighted by Crippen LogP contribution is 2.28. The van der Waals surface area contributed by atoms with Gasteiger partial charge in [0.1, 0.15) is 5.01 Å². The largest absolute Gasteiger partial charge is 0.493 e. The number of esters is 1. The van der Waals surface area contributed by atoms with E-state index in [4.69, 9.17) is 21.1 Å². The number of aromatic nitrogens is 2. The van der Waals surface area contributed by atoms with E-state index < -0.39 is 5.97 Å². The molecular weight excluding hydrogens is 460 g/mol. The second-order valence-corrected chi connectivity index (χ2v) is 8.82. The van der Waals surface area contributed by atoms with Crippen molar-refractivity contribution in [3.8, 4) is 11.5 Å². The van der Waals surface area contributed by atoms with Crippen molar-refractivity contribution >= 4 is 52.8 Å². The SMILES string of the molecule is COc1cc(/C=N\NC(=O)CSc2nnc(C)s2)ccc1OC(=O)c1ccc(Cl)cc1. The minimum atomic E-state index is -0.535. The molecule has 0 aliphatic rings. The monoisotopic (exact) mass is 476 g/mol. The first-order chi connectivity index (χ1) is 14.9. The molecule has 0 saturated carbocycles. The molecule has 2 aromatic carbocycles. The molecule has 0 fully saturated rings. The maximum atomic E-state index is 12.3. The lowest BCUT2D eigenvalue weighted by molar-refractivity contribution is -0.118. The lowest BCUT2D eigenvalue weighted by Gasteiger charge is -2.10. The molecule has 160 valence electrons. The van der Waals surface area contributed by atoms with E-state index in [1.165, 1.54) is 36.4 Å². The average molecular weight is 477 g/mol. The molecule has 3 aromatic rings. The standard InChI is InChI=1S/C20H17ClN4O4S2/c1-12-23-25-20(31-12)30-11-18(26)24-22-10-13-3-8-16(17(9-13)28-2)29-19(27)14-4-6-15(21)7-5-14/h3-10H,11H2,1-2H3,(H,24,26)/b22-10-. The van der Waals surface area contributed by atoms with Crippen molar-refractivity contribution in [2.45, 2.75) is 11.3 Å². The van der Waals surface area contributed by atoms with Crippen LogP contribution in [0.25, 0.3) is 0 Å². The number of nitrogens with one attached hydrogen (secondary N) is 1. The molecule has 0 unspecified atom stereocenters. The van der Waals surface area contributed by atoms with Crippen molar-refractivity contribution in [2.24, 2.45) is 5.10 Å². The zero-order valence-corrected chi connectivity index (χ0v) is 18.9. The summed E-state index contributed by atoms with van der Waals surface area (Å²) in [7, 11) is 1.46. The minimum absolute atomic E-state index is 0.175. The van der Waals surface area contributed by atoms with E-state index in [-0.39, 0.29) is 17.4 Å². The number of carbonyl (C=O) groups excluding carboxylic acids is 2. The van der Waals surface area contributed by atoms with Crippen molar-refractivity contribution in [3.63, 3.8) is 0 Å². The van der Waals surface area contributed by atoms with Crippen LogP contribution in [0.3, 0.4) is 0 Å². The molecule has 0 aliphatic carbocycles. The van der Waals surface area contributed by atoms with Gasteiger partial charge in [0.05, 0.1) is 24.6 Å². The fourth-order valence-corrected chi connectivity index (χ4v) is 4.00. The third kappa shape index (κ3) is 6.78. The molecule has 0 saturated heterocycles. The number of halogens is 1. The van der Waals surface area contributed by atoms with Crippen LogP contribution in [0.5, 0.6) is 11.5 Å². The van der Waals surface area contributed by atoms with Gasteiger partial charge in [-0.05, 0) is 55.0 Å². The summed E-state index contributed by atoms with van der Waals surface area (Å²) >= 11 is 8.55. The molecule has 1 heterocycles. The quantitative estimate of drug-likeness (QED) is 0.172. The van der Waals surface area contributed by atoms with Gasteiger partial charge < -0.3 is 9.47 Å². The predicted molar refractivity (Wildman–Crippen MR) is 121 cm³/mol. The molecule has 3 rings (SSSR count). The number of hydrogen-bond donors (Lipinski definition) is 1. The third-order valence-electron chi connectivity index (χ3n) is 3.71. The number of methoxy groups -OCH3 is 1. The Morgan fingerprint density at radius 3 is 2.65 bits per heavy atom. The Morgan fingerprint density at radius 2 is 1.97 bits per heavy atom. The maximum Gasteiger partial charge on any atom is 0.343 e. The Morgan fingerprint density at radius 1 is 1.19 bits per heavy atom. The molecule has 8 nitrogen and oxygen atoms in total. The van der Waals surface area contributed by atoms with Gasteiger partial charge in [-0.2, -0.15) is 5.10 Å². The molecule has 1 amide bonds. The molecule has 0 radical (unpaired) electrons. The van der Waals surface area contributed by atoms with Crippen molar-refractivity contribution in [2.75, 3.05) is 12.9 Å². The average Bonchev–Trinajstić information content (AvgIpc) is 3.18. The lowest BCUT2D eigenvalue weighted by atomic mass is 10.2. The lowest BCUT2D eigenvalue weighted by Crippen LogP contribution is -2.19. The number of carbonyl (C=O) groups is 2. The number of nitrogens with zero attached hydrogens (tertiary/aromatic N) is 3. The van der Waals surface area contributed by atoms with Crippen LogP contribution < -0.4 is 14.9 Å². The van der Waals surface area contributed by atoms with Crippen molar-refractivity contribution < 1.29 is 19.1 Å². The third-order valence-corrected chi connectivity index (χ3v) is 5.93. The van der Waals surface area contributed by atoms with E-state index in [9.17, 15) is 9.59 Å². The zero-order valence-electron chi connectivity index (χ0n) is 16.5. The molecule has 0 spiro atoms. The van der Waals surface area contributed by atoms with Gasteiger partial charge in [-0.25, -0.2) is 10.2 Å². The first kappa shape index (κ1) is 22.7. The van der Waals surface area contributed by atoms with Crippen LogP contribution in [0.1, 0.15) is 20.9 Å². The van der Waals surface area contributed by atoms with Crippen LogP contribution in [0.4, 0.5) is 0 Å². The highest BCUT2D eigenvalue weighted by Gasteiger charge is 2.13. The minimum Gasteiger partial charge on any atom is -0.493 e. The van der Waals surface area contributed by atoms with Gasteiger partial charge >= 0.3 is 5.97 Å². The van der Waals surface area contributed by atoms with Crippen molar-refractivity contribution in [1.29, 1.82) is 0 Å². The predicted octanol–water partition coefficient (Wildman–Crippen LogP) is 3.97. The smallest absolute Gasteiger partial charge is 0.343 e. The summed E-state index contributed by atoms with van der Waals surface area (Å²) < 4.78 is 11.4. The summed E-state index contributed by atoms with van der Waals surface area (Å²) in [5.74, 6) is -0.0250. The summed E-state index contributed by atoms with van der Waals surface area (Å²) in [5.41, 5.74) is 3.46. The van der Waals surface area contributed by atoms with Gasteiger partial charge in [-0.1, -0.05) is 34.7 Å². The number of rotatable bonds is 8. The number of aryl methyl sites for hydroxylation is 1. The van der Waals surface area contributed by atoms with E-state index >= 15 is 0 Å². The topological polar surface area (TPSA) is 103 Å². The molecule has 1 N–H and O–H groups in total. The summed E-state index contributed by atoms with van der Waals surface area (Å²) in [5, 5.41) is 13.1. The number of benzene rings is 2. The molecule has 1 aromatic heterocycles. The summed E-state index contributed by atoms with van der Waals surface area (Å²) in [4.78, 5) is 24.2. The Bertz CT molecular complexity index is 1100. The molecule has 0 aliphatic heterocycles. The van der Waals surface area contributed by atoms with Gasteiger partial charge in [0, 0.05) is 5.02 Å². The van der Waals surface area contributed by atoms with Gasteiger partial charge in [-0.15, -0.1) is 10.2 Å². The Kier molecular flexibility index (Phi) is 7.99. The normalized spacial score (nSPS) is 10.8. The van der Waals surface area contributed by atoms with Crippen molar-refractivity contribution in [3.05, 3.63) is 63.6 Å². The zero-order chi connectivity index (χ0) is 22.2. The molecule has 0 atom stereocenters. The second-order valence-electron chi connectivity index (χ2n) is 5.98. The highest BCUT2D eigenvalue weighted by atomic mass is 35.5. The summed E-state index contributed by atoms with van der Waals surface area (Å²) in [6, 6.07) is 11.3. The summed E-state index contributed by atoms with van der Waals surface area (Å²) in [6.07, 6.45) is 1.46.